The van der Waals surface area contributed by atoms with E-state index in [0.29, 0.717) is 0 Å². The summed E-state index contributed by atoms with van der Waals surface area (Å²) in [6, 6.07) is 9.83. The van der Waals surface area contributed by atoms with Crippen molar-refractivity contribution in [2.24, 2.45) is 0 Å². The zero-order valence-corrected chi connectivity index (χ0v) is 10.3. The molecule has 0 aliphatic carbocycles. The van der Waals surface area contributed by atoms with Crippen LogP contribution in [0.1, 0.15) is 30.3 Å². The lowest BCUT2D eigenvalue weighted by Crippen LogP contribution is -2.27. The molecule has 2 N–H and O–H groups in total. The molecule has 2 atom stereocenters. The molecule has 1 heterocycles. The van der Waals surface area contributed by atoms with Crippen LogP contribution in [0.4, 0.5) is 0 Å². The summed E-state index contributed by atoms with van der Waals surface area (Å²) < 4.78 is 0. The van der Waals surface area contributed by atoms with Crippen LogP contribution in [0.5, 0.6) is 0 Å². The van der Waals surface area contributed by atoms with Crippen LogP contribution in [-0.4, -0.2) is 21.7 Å². The molecular weight excluding hydrogens is 226 g/mol. The van der Waals surface area contributed by atoms with Crippen LogP contribution in [-0.2, 0) is 0 Å². The van der Waals surface area contributed by atoms with Crippen LogP contribution >= 0.6 is 0 Å². The SMILES string of the molecule is CC(N[C@@H](CO)c1ccccc1)c1cnccn1. The molecule has 0 amide bonds. The molecule has 4 nitrogen and oxygen atoms in total. The minimum Gasteiger partial charge on any atom is -0.394 e. The van der Waals surface area contributed by atoms with Crippen LogP contribution < -0.4 is 5.32 Å². The largest absolute Gasteiger partial charge is 0.394 e. The average Bonchev–Trinajstić information content (AvgIpc) is 2.46. The lowest BCUT2D eigenvalue weighted by molar-refractivity contribution is 0.234. The van der Waals surface area contributed by atoms with Gasteiger partial charge in [0, 0.05) is 24.6 Å². The Bertz CT molecular complexity index is 461. The van der Waals surface area contributed by atoms with Crippen LogP contribution in [0.15, 0.2) is 48.9 Å². The summed E-state index contributed by atoms with van der Waals surface area (Å²) >= 11 is 0. The first-order chi connectivity index (χ1) is 8.81. The molecule has 0 saturated carbocycles. The minimum atomic E-state index is -0.0943. The van der Waals surface area contributed by atoms with Gasteiger partial charge in [-0.1, -0.05) is 30.3 Å². The van der Waals surface area contributed by atoms with Crippen molar-refractivity contribution in [2.45, 2.75) is 19.0 Å². The van der Waals surface area contributed by atoms with E-state index in [0.717, 1.165) is 11.3 Å². The van der Waals surface area contributed by atoms with Crippen molar-refractivity contribution < 1.29 is 5.11 Å². The molecule has 2 rings (SSSR count). The van der Waals surface area contributed by atoms with Crippen molar-refractivity contribution in [1.82, 2.24) is 15.3 Å². The molecule has 0 fully saturated rings. The number of hydrogen-bond acceptors (Lipinski definition) is 4. The fourth-order valence-corrected chi connectivity index (χ4v) is 1.86. The summed E-state index contributed by atoms with van der Waals surface area (Å²) in [7, 11) is 0. The van der Waals surface area contributed by atoms with E-state index >= 15 is 0 Å². The van der Waals surface area contributed by atoms with Crippen molar-refractivity contribution in [3.05, 3.63) is 60.2 Å². The van der Waals surface area contributed by atoms with Gasteiger partial charge in [0.1, 0.15) is 0 Å². The Balaban J connectivity index is 2.07. The first-order valence-electron chi connectivity index (χ1n) is 5.99. The number of benzene rings is 1. The molecule has 1 aromatic heterocycles. The number of nitrogens with one attached hydrogen (secondary N) is 1. The molecule has 0 radical (unpaired) electrons. The smallest absolute Gasteiger partial charge is 0.0753 e. The van der Waals surface area contributed by atoms with Crippen molar-refractivity contribution >= 4 is 0 Å². The third-order valence-electron chi connectivity index (χ3n) is 2.86. The zero-order chi connectivity index (χ0) is 12.8. The highest BCUT2D eigenvalue weighted by Crippen LogP contribution is 2.17. The highest BCUT2D eigenvalue weighted by molar-refractivity contribution is 5.19. The predicted octanol–water partition coefficient (Wildman–Crippen LogP) is 1.86. The Morgan fingerprint density at radius 3 is 2.61 bits per heavy atom. The molecule has 4 heteroatoms. The fourth-order valence-electron chi connectivity index (χ4n) is 1.86. The van der Waals surface area contributed by atoms with Gasteiger partial charge in [0.15, 0.2) is 0 Å². The van der Waals surface area contributed by atoms with Gasteiger partial charge in [-0.15, -0.1) is 0 Å². The molecule has 18 heavy (non-hydrogen) atoms. The van der Waals surface area contributed by atoms with Gasteiger partial charge in [-0.3, -0.25) is 15.3 Å². The number of aliphatic hydroxyl groups excluding tert-OH is 1. The van der Waals surface area contributed by atoms with Gasteiger partial charge in [-0.25, -0.2) is 0 Å². The molecule has 1 unspecified atom stereocenters. The van der Waals surface area contributed by atoms with Gasteiger partial charge in [0.25, 0.3) is 0 Å². The molecule has 0 spiro atoms. The number of nitrogens with zero attached hydrogens (tertiary/aromatic N) is 2. The van der Waals surface area contributed by atoms with Gasteiger partial charge >= 0.3 is 0 Å². The van der Waals surface area contributed by atoms with Gasteiger partial charge < -0.3 is 5.11 Å². The molecule has 0 saturated heterocycles. The Morgan fingerprint density at radius 2 is 2.00 bits per heavy atom. The molecular formula is C14H17N3O. The van der Waals surface area contributed by atoms with Gasteiger partial charge in [-0.2, -0.15) is 0 Å². The van der Waals surface area contributed by atoms with Crippen LogP contribution in [0, 0.1) is 0 Å². The van der Waals surface area contributed by atoms with Crippen molar-refractivity contribution in [2.75, 3.05) is 6.61 Å². The fraction of sp³-hybridized carbons (Fsp3) is 0.286. The number of rotatable bonds is 5. The molecule has 0 aliphatic heterocycles. The second-order valence-corrected chi connectivity index (χ2v) is 4.16. The van der Waals surface area contributed by atoms with Crippen LogP contribution in [0.25, 0.3) is 0 Å². The quantitative estimate of drug-likeness (QED) is 0.841. The lowest BCUT2D eigenvalue weighted by Gasteiger charge is -2.21. The summed E-state index contributed by atoms with van der Waals surface area (Å²) in [6.07, 6.45) is 5.05. The van der Waals surface area contributed by atoms with E-state index in [-0.39, 0.29) is 18.7 Å². The Hall–Kier alpha value is -1.78. The normalized spacial score (nSPS) is 14.1. The second kappa shape index (κ2) is 6.23. The van der Waals surface area contributed by atoms with Crippen molar-refractivity contribution in [1.29, 1.82) is 0 Å². The number of aliphatic hydroxyl groups is 1. The maximum absolute atomic E-state index is 9.48. The summed E-state index contributed by atoms with van der Waals surface area (Å²) in [5.74, 6) is 0. The van der Waals surface area contributed by atoms with E-state index in [1.165, 1.54) is 0 Å². The van der Waals surface area contributed by atoms with Crippen molar-refractivity contribution in [3.8, 4) is 0 Å². The van der Waals surface area contributed by atoms with E-state index < -0.39 is 0 Å². The Morgan fingerprint density at radius 1 is 1.22 bits per heavy atom. The maximum Gasteiger partial charge on any atom is 0.0753 e. The summed E-state index contributed by atoms with van der Waals surface area (Å²) in [5, 5.41) is 12.8. The Kier molecular flexibility index (Phi) is 4.39. The van der Waals surface area contributed by atoms with Gasteiger partial charge in [0.2, 0.25) is 0 Å². The maximum atomic E-state index is 9.48. The first-order valence-corrected chi connectivity index (χ1v) is 5.99. The highest BCUT2D eigenvalue weighted by atomic mass is 16.3. The second-order valence-electron chi connectivity index (χ2n) is 4.16. The monoisotopic (exact) mass is 243 g/mol. The average molecular weight is 243 g/mol. The number of aromatic nitrogens is 2. The molecule has 94 valence electrons. The zero-order valence-electron chi connectivity index (χ0n) is 10.3. The third-order valence-corrected chi connectivity index (χ3v) is 2.86. The highest BCUT2D eigenvalue weighted by Gasteiger charge is 2.14. The van der Waals surface area contributed by atoms with E-state index in [1.807, 2.05) is 37.3 Å². The number of hydrogen-bond donors (Lipinski definition) is 2. The summed E-state index contributed by atoms with van der Waals surface area (Å²) in [5.41, 5.74) is 1.93. The van der Waals surface area contributed by atoms with Crippen LogP contribution in [0.2, 0.25) is 0 Å². The van der Waals surface area contributed by atoms with Gasteiger partial charge in [0.05, 0.1) is 18.3 Å². The molecule has 1 aromatic carbocycles. The van der Waals surface area contributed by atoms with E-state index in [1.54, 1.807) is 18.6 Å². The van der Waals surface area contributed by atoms with E-state index in [2.05, 4.69) is 15.3 Å². The van der Waals surface area contributed by atoms with E-state index in [4.69, 9.17) is 0 Å². The Labute approximate surface area is 107 Å². The topological polar surface area (TPSA) is 58.0 Å². The summed E-state index contributed by atoms with van der Waals surface area (Å²) in [6.45, 7) is 2.06. The standard InChI is InChI=1S/C14H17N3O/c1-11(13-9-15-7-8-16-13)17-14(10-18)12-5-3-2-4-6-12/h2-9,11,14,17-18H,10H2,1H3/t11?,14-/m0/s1. The van der Waals surface area contributed by atoms with E-state index in [9.17, 15) is 5.11 Å². The lowest BCUT2D eigenvalue weighted by atomic mass is 10.1. The summed E-state index contributed by atoms with van der Waals surface area (Å²) in [4.78, 5) is 8.30. The molecule has 0 aliphatic rings. The van der Waals surface area contributed by atoms with Crippen molar-refractivity contribution in [3.63, 3.8) is 0 Å². The molecule has 0 bridgehead atoms. The third kappa shape index (κ3) is 3.12. The van der Waals surface area contributed by atoms with Crippen LogP contribution in [0.3, 0.4) is 0 Å². The molecule has 2 aromatic rings. The van der Waals surface area contributed by atoms with Gasteiger partial charge in [-0.05, 0) is 12.5 Å². The minimum absolute atomic E-state index is 0.0380. The predicted molar refractivity (Wildman–Crippen MR) is 69.9 cm³/mol. The first kappa shape index (κ1) is 12.7.